The standard InChI is InChI=1S/C4H6Cl5O2P/c1-4(6,7)11-3(5)2-12(8,9)10/h3H,2H2,1H3. The predicted molar refractivity (Wildman–Crippen MR) is 55.0 cm³/mol. The molecule has 1 unspecified atom stereocenters. The van der Waals surface area contributed by atoms with Crippen molar-refractivity contribution in [2.24, 2.45) is 0 Å². The van der Waals surface area contributed by atoms with Crippen molar-refractivity contribution in [2.75, 3.05) is 6.16 Å². The minimum atomic E-state index is -3.24. The Morgan fingerprint density at radius 3 is 2.17 bits per heavy atom. The summed E-state index contributed by atoms with van der Waals surface area (Å²) in [6, 6.07) is 0. The number of hydrogen-bond donors (Lipinski definition) is 0. The lowest BCUT2D eigenvalue weighted by molar-refractivity contribution is 0.0779. The van der Waals surface area contributed by atoms with Crippen molar-refractivity contribution in [2.45, 2.75) is 17.0 Å². The van der Waals surface area contributed by atoms with Gasteiger partial charge in [0.1, 0.15) is 5.56 Å². The van der Waals surface area contributed by atoms with Gasteiger partial charge in [-0.15, -0.1) is 0 Å². The molecule has 0 aromatic carbocycles. The largest absolute Gasteiger partial charge is 0.327 e. The van der Waals surface area contributed by atoms with Crippen molar-refractivity contribution >= 4 is 63.1 Å². The third kappa shape index (κ3) is 9.73. The Labute approximate surface area is 95.3 Å². The van der Waals surface area contributed by atoms with Gasteiger partial charge in [-0.1, -0.05) is 34.8 Å². The quantitative estimate of drug-likeness (QED) is 0.568. The van der Waals surface area contributed by atoms with Crippen LogP contribution in [0.4, 0.5) is 0 Å². The van der Waals surface area contributed by atoms with Crippen molar-refractivity contribution in [1.29, 1.82) is 0 Å². The molecule has 74 valence electrons. The van der Waals surface area contributed by atoms with Crippen molar-refractivity contribution in [3.63, 3.8) is 0 Å². The van der Waals surface area contributed by atoms with Crippen LogP contribution in [0.1, 0.15) is 6.92 Å². The lowest BCUT2D eigenvalue weighted by atomic mass is 10.8. The molecule has 1 atom stereocenters. The fraction of sp³-hybridized carbons (Fsp3) is 1.00. The van der Waals surface area contributed by atoms with Gasteiger partial charge in [-0.2, -0.15) is 0 Å². The van der Waals surface area contributed by atoms with Gasteiger partial charge in [-0.05, 0) is 29.4 Å². The number of rotatable bonds is 4. The molecule has 12 heavy (non-hydrogen) atoms. The van der Waals surface area contributed by atoms with Crippen LogP contribution in [0.25, 0.3) is 0 Å². The SMILES string of the molecule is CC(Cl)(Cl)OC(Cl)CP(=O)(Cl)Cl. The van der Waals surface area contributed by atoms with Gasteiger partial charge in [0.25, 0.3) is 5.85 Å². The van der Waals surface area contributed by atoms with Gasteiger partial charge in [-0.3, -0.25) is 4.57 Å². The molecule has 0 fully saturated rings. The second-order valence-corrected chi connectivity index (χ2v) is 9.51. The molecule has 0 aromatic rings. The molecule has 0 aliphatic rings. The van der Waals surface area contributed by atoms with Crippen LogP contribution in [0, 0.1) is 0 Å². The zero-order valence-corrected chi connectivity index (χ0v) is 10.6. The maximum absolute atomic E-state index is 10.8. The summed E-state index contributed by atoms with van der Waals surface area (Å²) in [4.78, 5) is 0. The first-order valence-electron chi connectivity index (χ1n) is 2.78. The van der Waals surface area contributed by atoms with Gasteiger partial charge in [0.15, 0.2) is 0 Å². The van der Waals surface area contributed by atoms with Crippen molar-refractivity contribution in [1.82, 2.24) is 0 Å². The summed E-state index contributed by atoms with van der Waals surface area (Å²) in [6.45, 7) is 1.37. The molecule has 0 saturated carbocycles. The molecule has 0 aromatic heterocycles. The summed E-state index contributed by atoms with van der Waals surface area (Å²) in [5.74, 6) is -3.24. The molecular weight excluding hydrogens is 288 g/mol. The molecular formula is C4H6Cl5O2P. The average Bonchev–Trinajstić information content (AvgIpc) is 1.49. The highest BCUT2D eigenvalue weighted by Crippen LogP contribution is 2.57. The van der Waals surface area contributed by atoms with E-state index in [1.807, 2.05) is 0 Å². The monoisotopic (exact) mass is 292 g/mol. The summed E-state index contributed by atoms with van der Waals surface area (Å²) < 4.78 is 14.1. The van der Waals surface area contributed by atoms with E-state index in [1.54, 1.807) is 0 Å². The average molecular weight is 294 g/mol. The van der Waals surface area contributed by atoms with Crippen LogP contribution in [-0.4, -0.2) is 16.2 Å². The Morgan fingerprint density at radius 2 is 1.92 bits per heavy atom. The topological polar surface area (TPSA) is 26.3 Å². The van der Waals surface area contributed by atoms with E-state index in [2.05, 4.69) is 0 Å². The van der Waals surface area contributed by atoms with Gasteiger partial charge in [0.05, 0.1) is 6.16 Å². The Hall–Kier alpha value is 1.64. The van der Waals surface area contributed by atoms with E-state index >= 15 is 0 Å². The molecule has 2 nitrogen and oxygen atoms in total. The maximum atomic E-state index is 10.8. The number of halogens is 5. The predicted octanol–water partition coefficient (Wildman–Crippen LogP) is 4.39. The van der Waals surface area contributed by atoms with Crippen molar-refractivity contribution in [3.8, 4) is 0 Å². The lowest BCUT2D eigenvalue weighted by Gasteiger charge is -2.18. The second-order valence-electron chi connectivity index (χ2n) is 2.09. The highest BCUT2D eigenvalue weighted by atomic mass is 35.9. The molecule has 8 heteroatoms. The van der Waals surface area contributed by atoms with Gasteiger partial charge in [0.2, 0.25) is 4.52 Å². The van der Waals surface area contributed by atoms with E-state index in [0.717, 1.165) is 0 Å². The third-order valence-electron chi connectivity index (χ3n) is 0.691. The summed E-state index contributed by atoms with van der Waals surface area (Å²) in [5, 5.41) is 0. The normalized spacial score (nSPS) is 16.2. The molecule has 0 spiro atoms. The van der Waals surface area contributed by atoms with Crippen LogP contribution in [0.5, 0.6) is 0 Å². The fourth-order valence-corrected chi connectivity index (χ4v) is 3.08. The van der Waals surface area contributed by atoms with Crippen LogP contribution >= 0.6 is 63.1 Å². The first kappa shape index (κ1) is 13.6. The number of ether oxygens (including phenoxy) is 1. The van der Waals surface area contributed by atoms with Crippen molar-refractivity contribution in [3.05, 3.63) is 0 Å². The van der Waals surface area contributed by atoms with E-state index in [9.17, 15) is 4.57 Å². The van der Waals surface area contributed by atoms with Crippen molar-refractivity contribution < 1.29 is 9.30 Å². The molecule has 0 saturated heterocycles. The maximum Gasteiger partial charge on any atom is 0.256 e. The summed E-state index contributed by atoms with van der Waals surface area (Å²) in [7, 11) is 0. The second kappa shape index (κ2) is 4.93. The Kier molecular flexibility index (Phi) is 5.60. The van der Waals surface area contributed by atoms with Crippen LogP contribution in [0.3, 0.4) is 0 Å². The zero-order valence-electron chi connectivity index (χ0n) is 5.94. The molecule has 0 radical (unpaired) electrons. The van der Waals surface area contributed by atoms with Crippen LogP contribution in [0.15, 0.2) is 0 Å². The Balaban J connectivity index is 3.91. The molecule has 0 N–H and O–H groups in total. The van der Waals surface area contributed by atoms with Gasteiger partial charge >= 0.3 is 0 Å². The summed E-state index contributed by atoms with van der Waals surface area (Å²) >= 11 is 26.9. The van der Waals surface area contributed by atoms with E-state index < -0.39 is 15.9 Å². The highest BCUT2D eigenvalue weighted by molar-refractivity contribution is 8.08. The zero-order chi connectivity index (χ0) is 9.99. The molecule has 0 amide bonds. The molecule has 0 rings (SSSR count). The Morgan fingerprint density at radius 1 is 1.50 bits per heavy atom. The lowest BCUT2D eigenvalue weighted by Crippen LogP contribution is -2.20. The van der Waals surface area contributed by atoms with E-state index in [0.29, 0.717) is 0 Å². The van der Waals surface area contributed by atoms with E-state index in [4.69, 9.17) is 62.0 Å². The summed E-state index contributed by atoms with van der Waals surface area (Å²) in [5.41, 5.74) is -0.967. The fourth-order valence-electron chi connectivity index (χ4n) is 0.429. The van der Waals surface area contributed by atoms with E-state index in [1.165, 1.54) is 6.92 Å². The smallest absolute Gasteiger partial charge is 0.256 e. The number of hydrogen-bond acceptors (Lipinski definition) is 2. The van der Waals surface area contributed by atoms with Gasteiger partial charge in [0, 0.05) is 0 Å². The molecule has 0 bridgehead atoms. The highest BCUT2D eigenvalue weighted by Gasteiger charge is 2.27. The first-order valence-corrected chi connectivity index (χ1v) is 7.68. The number of alkyl halides is 3. The molecule has 0 aliphatic heterocycles. The van der Waals surface area contributed by atoms with Crippen LogP contribution in [0.2, 0.25) is 0 Å². The summed E-state index contributed by atoms with van der Waals surface area (Å²) in [6.07, 6.45) is -0.202. The third-order valence-corrected chi connectivity index (χ3v) is 2.91. The van der Waals surface area contributed by atoms with Crippen LogP contribution < -0.4 is 0 Å². The van der Waals surface area contributed by atoms with Gasteiger partial charge < -0.3 is 4.74 Å². The minimum absolute atomic E-state index is 0.202. The Bertz CT molecular complexity index is 184. The molecule has 0 heterocycles. The van der Waals surface area contributed by atoms with Gasteiger partial charge in [-0.25, -0.2) is 0 Å². The minimum Gasteiger partial charge on any atom is -0.327 e. The first-order chi connectivity index (χ1) is 5.10. The van der Waals surface area contributed by atoms with Crippen LogP contribution in [-0.2, 0) is 9.30 Å². The van der Waals surface area contributed by atoms with E-state index in [-0.39, 0.29) is 6.16 Å². The molecule has 0 aliphatic carbocycles.